The van der Waals surface area contributed by atoms with Gasteiger partial charge in [-0.2, -0.15) is 5.10 Å². The first-order valence-corrected chi connectivity index (χ1v) is 9.17. The van der Waals surface area contributed by atoms with Gasteiger partial charge in [-0.3, -0.25) is 14.3 Å². The van der Waals surface area contributed by atoms with Crippen LogP contribution in [-0.2, 0) is 11.3 Å². The van der Waals surface area contributed by atoms with E-state index in [0.29, 0.717) is 30.1 Å². The Morgan fingerprint density at radius 3 is 3.04 bits per heavy atom. The van der Waals surface area contributed by atoms with Gasteiger partial charge in [-0.05, 0) is 39.0 Å². The van der Waals surface area contributed by atoms with Crippen LogP contribution < -0.4 is 5.32 Å². The quantitative estimate of drug-likeness (QED) is 0.909. The Kier molecular flexibility index (Phi) is 4.85. The summed E-state index contributed by atoms with van der Waals surface area (Å²) in [6.07, 6.45) is 6.63. The number of carbonyl (C=O) groups is 2. The number of carbonyl (C=O) groups excluding carboxylic acids is 2. The number of rotatable bonds is 3. The number of fused-ring (bicyclic) bond motifs is 1. The highest BCUT2D eigenvalue weighted by atomic mass is 35.5. The first-order chi connectivity index (χ1) is 11.4. The molecule has 3 heterocycles. The molecule has 0 bridgehead atoms. The molecule has 1 aromatic heterocycles. The molecule has 2 amide bonds. The number of amides is 2. The fraction of sp³-hybridized carbons (Fsp3) is 0.706. The summed E-state index contributed by atoms with van der Waals surface area (Å²) in [4.78, 5) is 26.9. The minimum absolute atomic E-state index is 0.00223. The lowest BCUT2D eigenvalue weighted by molar-refractivity contribution is -0.126. The van der Waals surface area contributed by atoms with Crippen LogP contribution in [0.3, 0.4) is 0 Å². The van der Waals surface area contributed by atoms with Gasteiger partial charge in [0.15, 0.2) is 5.69 Å². The summed E-state index contributed by atoms with van der Waals surface area (Å²) in [7, 11) is 0. The van der Waals surface area contributed by atoms with Gasteiger partial charge >= 0.3 is 0 Å². The van der Waals surface area contributed by atoms with Gasteiger partial charge in [0.05, 0.1) is 16.6 Å². The third-order valence-electron chi connectivity index (χ3n) is 5.16. The maximum absolute atomic E-state index is 13.1. The summed E-state index contributed by atoms with van der Waals surface area (Å²) in [6.45, 7) is 5.54. The first-order valence-electron chi connectivity index (χ1n) is 8.79. The van der Waals surface area contributed by atoms with Crippen LogP contribution in [-0.4, -0.2) is 44.6 Å². The minimum atomic E-state index is -0.361. The molecule has 132 valence electrons. The molecule has 24 heavy (non-hydrogen) atoms. The monoisotopic (exact) mass is 352 g/mol. The lowest BCUT2D eigenvalue weighted by atomic mass is 9.81. The van der Waals surface area contributed by atoms with Crippen molar-refractivity contribution in [2.24, 2.45) is 0 Å². The molecule has 1 N–H and O–H groups in total. The van der Waals surface area contributed by atoms with Crippen LogP contribution in [0.25, 0.3) is 0 Å². The van der Waals surface area contributed by atoms with E-state index in [2.05, 4.69) is 24.3 Å². The molecule has 2 aliphatic rings. The summed E-state index contributed by atoms with van der Waals surface area (Å²) in [5.74, 6) is -0.0440. The highest BCUT2D eigenvalue weighted by molar-refractivity contribution is 6.33. The highest BCUT2D eigenvalue weighted by Crippen LogP contribution is 2.34. The number of nitrogens with zero attached hydrogens (tertiary/aromatic N) is 3. The molecule has 6 nitrogen and oxygen atoms in total. The largest absolute Gasteiger partial charge is 0.349 e. The molecule has 7 heteroatoms. The molecule has 2 aliphatic heterocycles. The van der Waals surface area contributed by atoms with Crippen molar-refractivity contribution < 1.29 is 9.59 Å². The van der Waals surface area contributed by atoms with E-state index in [-0.39, 0.29) is 23.4 Å². The Balaban J connectivity index is 1.89. The molecule has 2 saturated heterocycles. The second-order valence-electron chi connectivity index (χ2n) is 7.06. The van der Waals surface area contributed by atoms with Gasteiger partial charge in [0, 0.05) is 25.7 Å². The van der Waals surface area contributed by atoms with E-state index in [1.807, 2.05) is 4.90 Å². The molecule has 0 radical (unpaired) electrons. The fourth-order valence-electron chi connectivity index (χ4n) is 3.97. The van der Waals surface area contributed by atoms with Crippen molar-refractivity contribution in [3.63, 3.8) is 0 Å². The van der Waals surface area contributed by atoms with Crippen molar-refractivity contribution in [3.05, 3.63) is 16.9 Å². The van der Waals surface area contributed by atoms with Crippen molar-refractivity contribution >= 4 is 23.4 Å². The molecular weight excluding hydrogens is 328 g/mol. The van der Waals surface area contributed by atoms with Crippen LogP contribution in [0.2, 0.25) is 5.02 Å². The zero-order chi connectivity index (χ0) is 17.3. The maximum Gasteiger partial charge on any atom is 0.276 e. The predicted molar refractivity (Wildman–Crippen MR) is 92.0 cm³/mol. The van der Waals surface area contributed by atoms with Crippen molar-refractivity contribution in [1.29, 1.82) is 0 Å². The van der Waals surface area contributed by atoms with Crippen molar-refractivity contribution in [2.75, 3.05) is 6.54 Å². The number of likely N-dealkylation sites (tertiary alicyclic amines) is 1. The van der Waals surface area contributed by atoms with E-state index < -0.39 is 0 Å². The number of piperidine rings is 1. The van der Waals surface area contributed by atoms with E-state index >= 15 is 0 Å². The van der Waals surface area contributed by atoms with Crippen LogP contribution in [0.4, 0.5) is 0 Å². The summed E-state index contributed by atoms with van der Waals surface area (Å²) in [5, 5.41) is 7.91. The van der Waals surface area contributed by atoms with Crippen LogP contribution in [0, 0.1) is 0 Å². The summed E-state index contributed by atoms with van der Waals surface area (Å²) < 4.78 is 1.73. The average Bonchev–Trinajstić information content (AvgIpc) is 2.79. The smallest absolute Gasteiger partial charge is 0.276 e. The maximum atomic E-state index is 13.1. The molecule has 1 aromatic rings. The lowest BCUT2D eigenvalue weighted by Crippen LogP contribution is -2.63. The van der Waals surface area contributed by atoms with Crippen LogP contribution in [0.1, 0.15) is 62.9 Å². The fourth-order valence-corrected chi connectivity index (χ4v) is 4.21. The van der Waals surface area contributed by atoms with Gasteiger partial charge in [-0.25, -0.2) is 0 Å². The summed E-state index contributed by atoms with van der Waals surface area (Å²) in [5.41, 5.74) is -0.0359. The van der Waals surface area contributed by atoms with E-state index in [9.17, 15) is 9.59 Å². The molecule has 3 rings (SSSR count). The van der Waals surface area contributed by atoms with Crippen molar-refractivity contribution in [1.82, 2.24) is 20.0 Å². The number of aromatic nitrogens is 2. The molecule has 0 saturated carbocycles. The molecular formula is C17H25ClN4O2. The molecule has 0 aromatic carbocycles. The second-order valence-corrected chi connectivity index (χ2v) is 7.47. The third kappa shape index (κ3) is 3.16. The Labute approximate surface area is 147 Å². The Morgan fingerprint density at radius 2 is 2.29 bits per heavy atom. The number of aryl methyl sites for hydroxylation is 1. The van der Waals surface area contributed by atoms with Gasteiger partial charge in [0.2, 0.25) is 5.91 Å². The normalized spacial score (nSPS) is 27.4. The minimum Gasteiger partial charge on any atom is -0.349 e. The Hall–Kier alpha value is -1.56. The standard InChI is InChI=1S/C17H25ClN4O2/c1-3-9-21-11-12(18)15(20-21)16(24)22-10-5-4-8-17(2)13(22)6-7-14(23)19-17/h11,13H,3-10H2,1-2H3,(H,19,23)/t13-,17-/m0/s1. The van der Waals surface area contributed by atoms with Crippen LogP contribution in [0.15, 0.2) is 6.20 Å². The van der Waals surface area contributed by atoms with Gasteiger partial charge in [-0.1, -0.05) is 18.5 Å². The Morgan fingerprint density at radius 1 is 1.50 bits per heavy atom. The second kappa shape index (κ2) is 6.75. The first kappa shape index (κ1) is 17.3. The predicted octanol–water partition coefficient (Wildman–Crippen LogP) is 2.61. The number of hydrogen-bond acceptors (Lipinski definition) is 3. The Bertz CT molecular complexity index is 645. The number of nitrogens with one attached hydrogen (secondary N) is 1. The molecule has 0 spiro atoms. The van der Waals surface area contributed by atoms with E-state index in [1.54, 1.807) is 10.9 Å². The topological polar surface area (TPSA) is 67.2 Å². The molecule has 2 atom stereocenters. The van der Waals surface area contributed by atoms with E-state index in [0.717, 1.165) is 32.2 Å². The van der Waals surface area contributed by atoms with Crippen LogP contribution in [0.5, 0.6) is 0 Å². The number of hydrogen-bond donors (Lipinski definition) is 1. The van der Waals surface area contributed by atoms with Gasteiger partial charge < -0.3 is 10.2 Å². The zero-order valence-corrected chi connectivity index (χ0v) is 15.1. The molecule has 2 fully saturated rings. The third-order valence-corrected chi connectivity index (χ3v) is 5.44. The number of halogens is 1. The summed E-state index contributed by atoms with van der Waals surface area (Å²) in [6, 6.07) is -0.00223. The lowest BCUT2D eigenvalue weighted by Gasteiger charge is -2.45. The SMILES string of the molecule is CCCn1cc(Cl)c(C(=O)N2CCCC[C@]3(C)NC(=O)CC[C@H]23)n1. The van der Waals surface area contributed by atoms with E-state index in [1.165, 1.54) is 0 Å². The molecule has 0 unspecified atom stereocenters. The zero-order valence-electron chi connectivity index (χ0n) is 14.3. The van der Waals surface area contributed by atoms with Crippen LogP contribution >= 0.6 is 11.6 Å². The van der Waals surface area contributed by atoms with Gasteiger partial charge in [0.1, 0.15) is 0 Å². The molecule has 0 aliphatic carbocycles. The van der Waals surface area contributed by atoms with E-state index in [4.69, 9.17) is 11.6 Å². The van der Waals surface area contributed by atoms with Gasteiger partial charge in [-0.15, -0.1) is 0 Å². The average molecular weight is 353 g/mol. The van der Waals surface area contributed by atoms with Gasteiger partial charge in [0.25, 0.3) is 5.91 Å². The van der Waals surface area contributed by atoms with Crippen molar-refractivity contribution in [3.8, 4) is 0 Å². The van der Waals surface area contributed by atoms with Crippen molar-refractivity contribution in [2.45, 2.75) is 70.5 Å². The summed E-state index contributed by atoms with van der Waals surface area (Å²) >= 11 is 6.27. The highest BCUT2D eigenvalue weighted by Gasteiger charge is 2.45.